The maximum absolute atomic E-state index is 13.4. The monoisotopic (exact) mass is 484 g/mol. The van der Waals surface area contributed by atoms with Crippen LogP contribution >= 0.6 is 0 Å². The van der Waals surface area contributed by atoms with Crippen LogP contribution in [0.2, 0.25) is 5.04 Å². The van der Waals surface area contributed by atoms with Gasteiger partial charge in [-0.15, -0.1) is 0 Å². The third kappa shape index (κ3) is 4.74. The molecule has 5 nitrogen and oxygen atoms in total. The molecule has 1 aliphatic heterocycles. The fourth-order valence-electron chi connectivity index (χ4n) is 5.19. The molecule has 0 unspecified atom stereocenters. The lowest BCUT2D eigenvalue weighted by molar-refractivity contribution is -0.192. The summed E-state index contributed by atoms with van der Waals surface area (Å²) in [6, 6.07) is 20.8. The summed E-state index contributed by atoms with van der Waals surface area (Å²) in [5.41, 5.74) is -1.36. The van der Waals surface area contributed by atoms with Gasteiger partial charge in [0.05, 0.1) is 13.7 Å². The van der Waals surface area contributed by atoms with Crippen molar-refractivity contribution in [1.82, 2.24) is 0 Å². The van der Waals surface area contributed by atoms with Gasteiger partial charge in [-0.25, -0.2) is 4.79 Å². The molecule has 0 bridgehead atoms. The molecule has 1 heterocycles. The Bertz CT molecular complexity index is 914. The predicted molar refractivity (Wildman–Crippen MR) is 138 cm³/mol. The van der Waals surface area contributed by atoms with Crippen LogP contribution in [0.25, 0.3) is 0 Å². The average Bonchev–Trinajstić information content (AvgIpc) is 3.10. The maximum atomic E-state index is 13.4. The van der Waals surface area contributed by atoms with E-state index in [1.54, 1.807) is 0 Å². The second kappa shape index (κ2) is 9.94. The first-order valence-corrected chi connectivity index (χ1v) is 14.1. The first kappa shape index (κ1) is 26.6. The predicted octanol–water partition coefficient (Wildman–Crippen LogP) is 4.67. The number of ether oxygens (including phenoxy) is 3. The first-order chi connectivity index (χ1) is 15.9. The van der Waals surface area contributed by atoms with Gasteiger partial charge in [-0.2, -0.15) is 0 Å². The zero-order valence-electron chi connectivity index (χ0n) is 21.9. The Morgan fingerprint density at radius 2 is 1.53 bits per heavy atom. The van der Waals surface area contributed by atoms with E-state index in [2.05, 4.69) is 58.9 Å². The van der Waals surface area contributed by atoms with Gasteiger partial charge in [0.25, 0.3) is 8.32 Å². The molecule has 1 saturated heterocycles. The summed E-state index contributed by atoms with van der Waals surface area (Å²) < 4.78 is 25.2. The molecule has 34 heavy (non-hydrogen) atoms. The number of rotatable bonds is 8. The van der Waals surface area contributed by atoms with Gasteiger partial charge in [0.1, 0.15) is 6.10 Å². The summed E-state index contributed by atoms with van der Waals surface area (Å²) in [4.78, 5) is 13.4. The minimum atomic E-state index is -2.89. The summed E-state index contributed by atoms with van der Waals surface area (Å²) in [5.74, 6) is -1.32. The molecule has 0 aromatic heterocycles. The standard InChI is InChI=1S/C28H40O5Si/c1-9-21(2)24-28(25(29)30-8,33-27(6,7)32-24)20-31-34(26(3,4)5,22-16-12-10-13-17-22)23-18-14-11-15-19-23/h10-19,21,24H,9,20H2,1-8H3/t21-,24+,28-/m0/s1. The zero-order valence-corrected chi connectivity index (χ0v) is 22.9. The highest BCUT2D eigenvalue weighted by atomic mass is 28.4. The Labute approximate surface area is 205 Å². The summed E-state index contributed by atoms with van der Waals surface area (Å²) in [5, 5.41) is 2.06. The van der Waals surface area contributed by atoms with E-state index < -0.39 is 31.8 Å². The largest absolute Gasteiger partial charge is 0.467 e. The molecule has 186 valence electrons. The fourth-order valence-corrected chi connectivity index (χ4v) is 9.78. The van der Waals surface area contributed by atoms with Gasteiger partial charge in [0.2, 0.25) is 5.60 Å². The van der Waals surface area contributed by atoms with Gasteiger partial charge < -0.3 is 18.6 Å². The minimum absolute atomic E-state index is 0.0470. The molecule has 0 saturated carbocycles. The number of hydrogen-bond acceptors (Lipinski definition) is 5. The van der Waals surface area contributed by atoms with Crippen molar-refractivity contribution in [2.24, 2.45) is 5.92 Å². The van der Waals surface area contributed by atoms with E-state index in [4.69, 9.17) is 18.6 Å². The molecule has 2 aromatic carbocycles. The zero-order chi connectivity index (χ0) is 25.2. The number of esters is 1. The number of carbonyl (C=O) groups is 1. The van der Waals surface area contributed by atoms with Crippen molar-refractivity contribution < 1.29 is 23.4 Å². The van der Waals surface area contributed by atoms with E-state index in [0.717, 1.165) is 16.8 Å². The average molecular weight is 485 g/mol. The molecule has 3 rings (SSSR count). The van der Waals surface area contributed by atoms with E-state index >= 15 is 0 Å². The summed E-state index contributed by atoms with van der Waals surface area (Å²) in [6.07, 6.45) is 0.348. The van der Waals surface area contributed by atoms with Crippen LogP contribution in [0.4, 0.5) is 0 Å². The number of hydrogen-bond donors (Lipinski definition) is 0. The van der Waals surface area contributed by atoms with Crippen LogP contribution in [0.1, 0.15) is 54.9 Å². The highest BCUT2D eigenvalue weighted by Crippen LogP contribution is 2.44. The summed E-state index contributed by atoms with van der Waals surface area (Å²) in [7, 11) is -1.49. The van der Waals surface area contributed by atoms with E-state index in [9.17, 15) is 4.79 Å². The molecular weight excluding hydrogens is 444 g/mol. The molecule has 0 radical (unpaired) electrons. The van der Waals surface area contributed by atoms with Gasteiger partial charge >= 0.3 is 5.97 Å². The lowest BCUT2D eigenvalue weighted by Crippen LogP contribution is -2.69. The highest BCUT2D eigenvalue weighted by Gasteiger charge is 2.62. The van der Waals surface area contributed by atoms with Gasteiger partial charge in [-0.3, -0.25) is 0 Å². The van der Waals surface area contributed by atoms with Crippen LogP contribution in [-0.2, 0) is 23.4 Å². The Balaban J connectivity index is 2.18. The Morgan fingerprint density at radius 3 is 1.94 bits per heavy atom. The van der Waals surface area contributed by atoms with Crippen LogP contribution in [-0.4, -0.2) is 45.5 Å². The summed E-state index contributed by atoms with van der Waals surface area (Å²) >= 11 is 0. The molecule has 6 heteroatoms. The Hall–Kier alpha value is -1.99. The lowest BCUT2D eigenvalue weighted by atomic mass is 9.87. The van der Waals surface area contributed by atoms with E-state index in [-0.39, 0.29) is 17.6 Å². The topological polar surface area (TPSA) is 54.0 Å². The van der Waals surface area contributed by atoms with Gasteiger partial charge in [-0.1, -0.05) is 102 Å². The van der Waals surface area contributed by atoms with Crippen LogP contribution in [0.5, 0.6) is 0 Å². The van der Waals surface area contributed by atoms with Crippen LogP contribution in [0.15, 0.2) is 60.7 Å². The normalized spacial score (nSPS) is 23.5. The SMILES string of the molecule is CC[C@H](C)[C@H]1OC(C)(C)O[C@]1(CO[Si](c1ccccc1)(c1ccccc1)C(C)(C)C)C(=O)OC. The van der Waals surface area contributed by atoms with Gasteiger partial charge in [-0.05, 0) is 35.2 Å². The van der Waals surface area contributed by atoms with Gasteiger partial charge in [0.15, 0.2) is 5.79 Å². The van der Waals surface area contributed by atoms with Crippen LogP contribution in [0, 0.1) is 5.92 Å². The van der Waals surface area contributed by atoms with E-state index in [1.165, 1.54) is 7.11 Å². The van der Waals surface area contributed by atoms with Crippen LogP contribution < -0.4 is 10.4 Å². The van der Waals surface area contributed by atoms with Crippen molar-refractivity contribution in [3.63, 3.8) is 0 Å². The van der Waals surface area contributed by atoms with Crippen molar-refractivity contribution in [3.05, 3.63) is 60.7 Å². The van der Waals surface area contributed by atoms with Gasteiger partial charge in [0, 0.05) is 0 Å². The molecule has 1 aliphatic rings. The molecule has 3 atom stereocenters. The van der Waals surface area contributed by atoms with Crippen molar-refractivity contribution in [2.45, 2.75) is 77.4 Å². The molecule has 0 aliphatic carbocycles. The minimum Gasteiger partial charge on any atom is -0.467 e. The fraction of sp³-hybridized carbons (Fsp3) is 0.536. The lowest BCUT2D eigenvalue weighted by Gasteiger charge is -2.45. The third-order valence-corrected chi connectivity index (χ3v) is 11.9. The molecule has 0 spiro atoms. The van der Waals surface area contributed by atoms with Crippen LogP contribution in [0.3, 0.4) is 0 Å². The number of methoxy groups -OCH3 is 1. The Morgan fingerprint density at radius 1 is 1.03 bits per heavy atom. The van der Waals surface area contributed by atoms with Crippen molar-refractivity contribution in [2.75, 3.05) is 13.7 Å². The number of carbonyl (C=O) groups excluding carboxylic acids is 1. The highest BCUT2D eigenvalue weighted by molar-refractivity contribution is 6.99. The second-order valence-corrected chi connectivity index (χ2v) is 15.1. The molecule has 1 fully saturated rings. The van der Waals surface area contributed by atoms with Crippen molar-refractivity contribution >= 4 is 24.7 Å². The maximum Gasteiger partial charge on any atom is 0.343 e. The van der Waals surface area contributed by atoms with E-state index in [1.807, 2.05) is 50.2 Å². The van der Waals surface area contributed by atoms with Crippen molar-refractivity contribution in [3.8, 4) is 0 Å². The molecule has 2 aromatic rings. The van der Waals surface area contributed by atoms with E-state index in [0.29, 0.717) is 0 Å². The molecular formula is C28H40O5Si. The smallest absolute Gasteiger partial charge is 0.343 e. The number of benzene rings is 2. The first-order valence-electron chi connectivity index (χ1n) is 12.1. The second-order valence-electron chi connectivity index (χ2n) is 10.8. The third-order valence-electron chi connectivity index (χ3n) is 6.91. The summed E-state index contributed by atoms with van der Waals surface area (Å²) in [6.45, 7) is 14.5. The Kier molecular flexibility index (Phi) is 7.78. The quantitative estimate of drug-likeness (QED) is 0.403. The van der Waals surface area contributed by atoms with Crippen molar-refractivity contribution in [1.29, 1.82) is 0 Å². The molecule has 0 amide bonds. The molecule has 0 N–H and O–H groups in total.